The van der Waals surface area contributed by atoms with Crippen LogP contribution in [0.15, 0.2) is 59.6 Å². The maximum absolute atomic E-state index is 12.2. The van der Waals surface area contributed by atoms with Crippen LogP contribution in [0.4, 0.5) is 5.69 Å². The molecule has 8 heteroatoms. The molecular weight excluding hydrogens is 330 g/mol. The molecular formula is C16H15N3O4S. The Morgan fingerprint density at radius 1 is 1.08 bits per heavy atom. The number of aromatic nitrogens is 1. The summed E-state index contributed by atoms with van der Waals surface area (Å²) >= 11 is 0. The summed E-state index contributed by atoms with van der Waals surface area (Å²) in [7, 11) is -3.69. The molecule has 7 nitrogen and oxygen atoms in total. The van der Waals surface area contributed by atoms with E-state index in [9.17, 15) is 18.5 Å². The predicted octanol–water partition coefficient (Wildman–Crippen LogP) is 2.60. The lowest BCUT2D eigenvalue weighted by atomic mass is 10.1. The Labute approximate surface area is 138 Å². The van der Waals surface area contributed by atoms with Crippen molar-refractivity contribution in [2.75, 3.05) is 6.54 Å². The smallest absolute Gasteiger partial charge is 0.269 e. The summed E-state index contributed by atoms with van der Waals surface area (Å²) in [5.74, 6) is 0. The molecule has 0 spiro atoms. The van der Waals surface area contributed by atoms with E-state index < -0.39 is 14.9 Å². The predicted molar refractivity (Wildman–Crippen MR) is 90.3 cm³/mol. The van der Waals surface area contributed by atoms with Crippen LogP contribution in [0.1, 0.15) is 5.56 Å². The SMILES string of the molecule is O=[N+]([O-])c1ccc(S(=O)(=O)NCCc2c[nH]c3ccccc23)cc1. The Hall–Kier alpha value is -2.71. The number of hydrogen-bond acceptors (Lipinski definition) is 4. The number of nitro groups is 1. The number of nitrogens with one attached hydrogen (secondary N) is 2. The van der Waals surface area contributed by atoms with Gasteiger partial charge in [0, 0.05) is 35.8 Å². The number of aromatic amines is 1. The molecule has 0 aliphatic carbocycles. The quantitative estimate of drug-likeness (QED) is 0.529. The Morgan fingerprint density at radius 2 is 1.79 bits per heavy atom. The van der Waals surface area contributed by atoms with Crippen LogP contribution < -0.4 is 4.72 Å². The number of sulfonamides is 1. The molecule has 24 heavy (non-hydrogen) atoms. The number of hydrogen-bond donors (Lipinski definition) is 2. The van der Waals surface area contributed by atoms with Crippen LogP contribution in [0.25, 0.3) is 10.9 Å². The topological polar surface area (TPSA) is 105 Å². The zero-order valence-electron chi connectivity index (χ0n) is 12.6. The second-order valence-corrected chi connectivity index (χ2v) is 7.03. The minimum absolute atomic E-state index is 0.00651. The first-order valence-corrected chi connectivity index (χ1v) is 8.75. The van der Waals surface area contributed by atoms with E-state index in [4.69, 9.17) is 0 Å². The molecule has 0 atom stereocenters. The molecule has 0 aliphatic rings. The van der Waals surface area contributed by atoms with Crippen LogP contribution >= 0.6 is 0 Å². The molecule has 0 saturated carbocycles. The first-order valence-electron chi connectivity index (χ1n) is 7.26. The van der Waals surface area contributed by atoms with Crippen LogP contribution in [0.5, 0.6) is 0 Å². The summed E-state index contributed by atoms with van der Waals surface area (Å²) in [6, 6.07) is 12.6. The van der Waals surface area contributed by atoms with Gasteiger partial charge in [-0.2, -0.15) is 0 Å². The van der Waals surface area contributed by atoms with E-state index in [0.717, 1.165) is 16.5 Å². The van der Waals surface area contributed by atoms with Gasteiger partial charge < -0.3 is 4.98 Å². The molecule has 0 saturated heterocycles. The van der Waals surface area contributed by atoms with Gasteiger partial charge in [0.25, 0.3) is 5.69 Å². The van der Waals surface area contributed by atoms with Crippen molar-refractivity contribution < 1.29 is 13.3 Å². The number of nitro benzene ring substituents is 1. The molecule has 124 valence electrons. The Morgan fingerprint density at radius 3 is 2.50 bits per heavy atom. The van der Waals surface area contributed by atoms with Crippen LogP contribution in [0.2, 0.25) is 0 Å². The number of para-hydroxylation sites is 1. The van der Waals surface area contributed by atoms with E-state index >= 15 is 0 Å². The molecule has 0 fully saturated rings. The van der Waals surface area contributed by atoms with E-state index in [1.165, 1.54) is 24.3 Å². The van der Waals surface area contributed by atoms with Gasteiger partial charge >= 0.3 is 0 Å². The van der Waals surface area contributed by atoms with E-state index in [1.807, 2.05) is 30.5 Å². The first-order chi connectivity index (χ1) is 11.5. The summed E-state index contributed by atoms with van der Waals surface area (Å²) in [5, 5.41) is 11.7. The lowest BCUT2D eigenvalue weighted by Gasteiger charge is -2.06. The summed E-state index contributed by atoms with van der Waals surface area (Å²) in [5.41, 5.74) is 1.88. The van der Waals surface area contributed by atoms with Gasteiger partial charge in [-0.1, -0.05) is 18.2 Å². The Kier molecular flexibility index (Phi) is 4.32. The van der Waals surface area contributed by atoms with Gasteiger partial charge in [0.05, 0.1) is 9.82 Å². The van der Waals surface area contributed by atoms with Crippen LogP contribution in [-0.2, 0) is 16.4 Å². The van der Waals surface area contributed by atoms with Crippen LogP contribution in [0.3, 0.4) is 0 Å². The number of fused-ring (bicyclic) bond motifs is 1. The number of rotatable bonds is 6. The monoisotopic (exact) mass is 345 g/mol. The second-order valence-electron chi connectivity index (χ2n) is 5.26. The largest absolute Gasteiger partial charge is 0.361 e. The molecule has 1 heterocycles. The maximum atomic E-state index is 12.2. The average molecular weight is 345 g/mol. The van der Waals surface area contributed by atoms with Crippen LogP contribution in [0, 0.1) is 10.1 Å². The highest BCUT2D eigenvalue weighted by Crippen LogP contribution is 2.18. The zero-order valence-corrected chi connectivity index (χ0v) is 13.4. The van der Waals surface area contributed by atoms with Crippen molar-refractivity contribution in [3.63, 3.8) is 0 Å². The van der Waals surface area contributed by atoms with E-state index in [1.54, 1.807) is 0 Å². The van der Waals surface area contributed by atoms with E-state index in [2.05, 4.69) is 9.71 Å². The molecule has 2 aromatic carbocycles. The molecule has 3 aromatic rings. The molecule has 0 bridgehead atoms. The van der Waals surface area contributed by atoms with Crippen molar-refractivity contribution in [3.05, 3.63) is 70.4 Å². The maximum Gasteiger partial charge on any atom is 0.269 e. The highest BCUT2D eigenvalue weighted by Gasteiger charge is 2.15. The van der Waals surface area contributed by atoms with Gasteiger partial charge in [-0.05, 0) is 30.2 Å². The normalized spacial score (nSPS) is 11.7. The third kappa shape index (κ3) is 3.29. The van der Waals surface area contributed by atoms with Crippen molar-refractivity contribution in [2.24, 2.45) is 0 Å². The Balaban J connectivity index is 1.68. The molecule has 0 unspecified atom stereocenters. The average Bonchev–Trinajstić information content (AvgIpc) is 2.98. The molecule has 0 aliphatic heterocycles. The van der Waals surface area contributed by atoms with Gasteiger partial charge in [-0.3, -0.25) is 10.1 Å². The summed E-state index contributed by atoms with van der Waals surface area (Å²) < 4.78 is 26.9. The number of H-pyrrole nitrogens is 1. The van der Waals surface area contributed by atoms with Crippen molar-refractivity contribution in [1.82, 2.24) is 9.71 Å². The number of benzene rings is 2. The zero-order chi connectivity index (χ0) is 17.2. The summed E-state index contributed by atoms with van der Waals surface area (Å²) in [6.07, 6.45) is 2.40. The summed E-state index contributed by atoms with van der Waals surface area (Å²) in [4.78, 5) is 13.2. The molecule has 1 aromatic heterocycles. The van der Waals surface area contributed by atoms with E-state index in [0.29, 0.717) is 6.42 Å². The highest BCUT2D eigenvalue weighted by atomic mass is 32.2. The lowest BCUT2D eigenvalue weighted by Crippen LogP contribution is -2.25. The lowest BCUT2D eigenvalue weighted by molar-refractivity contribution is -0.384. The standard InChI is InChI=1S/C16H15N3O4S/c20-19(21)13-5-7-14(8-6-13)24(22,23)18-10-9-12-11-17-16-4-2-1-3-15(12)16/h1-8,11,17-18H,9-10H2. The molecule has 0 radical (unpaired) electrons. The van der Waals surface area contributed by atoms with Gasteiger partial charge in [0.1, 0.15) is 0 Å². The fraction of sp³-hybridized carbons (Fsp3) is 0.125. The molecule has 0 amide bonds. The first kappa shape index (κ1) is 16.2. The van der Waals surface area contributed by atoms with Gasteiger partial charge in [0.2, 0.25) is 10.0 Å². The van der Waals surface area contributed by atoms with Gasteiger partial charge in [-0.25, -0.2) is 13.1 Å². The molecule has 2 N–H and O–H groups in total. The third-order valence-corrected chi connectivity index (χ3v) is 5.20. The number of nitrogens with zero attached hydrogens (tertiary/aromatic N) is 1. The highest BCUT2D eigenvalue weighted by molar-refractivity contribution is 7.89. The second kappa shape index (κ2) is 6.42. The minimum atomic E-state index is -3.69. The number of non-ortho nitro benzene ring substituents is 1. The molecule has 3 rings (SSSR count). The van der Waals surface area contributed by atoms with E-state index in [-0.39, 0.29) is 17.1 Å². The van der Waals surface area contributed by atoms with Crippen molar-refractivity contribution in [1.29, 1.82) is 0 Å². The third-order valence-electron chi connectivity index (χ3n) is 3.72. The van der Waals surface area contributed by atoms with Crippen molar-refractivity contribution in [2.45, 2.75) is 11.3 Å². The van der Waals surface area contributed by atoms with Crippen molar-refractivity contribution >= 4 is 26.6 Å². The fourth-order valence-corrected chi connectivity index (χ4v) is 3.52. The fourth-order valence-electron chi connectivity index (χ4n) is 2.49. The van der Waals surface area contributed by atoms with Gasteiger partial charge in [-0.15, -0.1) is 0 Å². The van der Waals surface area contributed by atoms with Crippen molar-refractivity contribution in [3.8, 4) is 0 Å². The van der Waals surface area contributed by atoms with Gasteiger partial charge in [0.15, 0.2) is 0 Å². The summed E-state index contributed by atoms with van der Waals surface area (Å²) in [6.45, 7) is 0.237. The van der Waals surface area contributed by atoms with Crippen LogP contribution in [-0.4, -0.2) is 24.9 Å². The Bertz CT molecular complexity index is 978. The minimum Gasteiger partial charge on any atom is -0.361 e.